The average molecular weight is 428 g/mol. The molecule has 3 heterocycles. The number of carbonyl (C=O) groups excluding carboxylic acids is 1. The van der Waals surface area contributed by atoms with E-state index in [0.717, 1.165) is 35.6 Å². The molecule has 0 spiro atoms. The molecule has 32 heavy (non-hydrogen) atoms. The van der Waals surface area contributed by atoms with E-state index in [1.807, 2.05) is 68.4 Å². The number of anilines is 2. The van der Waals surface area contributed by atoms with Crippen LogP contribution in [0.5, 0.6) is 0 Å². The van der Waals surface area contributed by atoms with E-state index in [-0.39, 0.29) is 5.91 Å². The number of aryl methyl sites for hydroxylation is 2. The predicted molar refractivity (Wildman–Crippen MR) is 124 cm³/mol. The molecule has 0 radical (unpaired) electrons. The summed E-state index contributed by atoms with van der Waals surface area (Å²) in [6, 6.07) is 17.7. The van der Waals surface area contributed by atoms with E-state index >= 15 is 0 Å². The molecule has 4 aromatic rings. The summed E-state index contributed by atoms with van der Waals surface area (Å²) < 4.78 is 10.9. The number of nitrogens with zero attached hydrogens (tertiary/aromatic N) is 3. The van der Waals surface area contributed by atoms with Crippen molar-refractivity contribution >= 4 is 28.4 Å². The Kier molecular flexibility index (Phi) is 5.33. The van der Waals surface area contributed by atoms with Crippen molar-refractivity contribution in [3.63, 3.8) is 0 Å². The highest BCUT2D eigenvalue weighted by molar-refractivity contribution is 6.13. The first-order chi connectivity index (χ1) is 15.6. The summed E-state index contributed by atoms with van der Waals surface area (Å²) in [5.74, 6) is -0.224. The van der Waals surface area contributed by atoms with Crippen molar-refractivity contribution in [2.75, 3.05) is 36.5 Å². The minimum absolute atomic E-state index is 0.224. The molecule has 0 unspecified atom stereocenters. The third kappa shape index (κ3) is 3.83. The quantitative estimate of drug-likeness (QED) is 0.512. The Labute approximate surface area is 186 Å². The fourth-order valence-corrected chi connectivity index (χ4v) is 3.99. The minimum atomic E-state index is -0.224. The number of pyridine rings is 1. The summed E-state index contributed by atoms with van der Waals surface area (Å²) in [7, 11) is 0. The van der Waals surface area contributed by atoms with Crippen LogP contribution < -0.4 is 10.2 Å². The number of hydrogen-bond acceptors (Lipinski definition) is 6. The van der Waals surface area contributed by atoms with Gasteiger partial charge >= 0.3 is 0 Å². The van der Waals surface area contributed by atoms with Crippen molar-refractivity contribution < 1.29 is 14.1 Å². The van der Waals surface area contributed by atoms with Gasteiger partial charge in [-0.1, -0.05) is 47.1 Å². The maximum absolute atomic E-state index is 13.5. The lowest BCUT2D eigenvalue weighted by Crippen LogP contribution is -2.36. The van der Waals surface area contributed by atoms with Crippen molar-refractivity contribution in [1.29, 1.82) is 0 Å². The molecule has 1 aliphatic heterocycles. The first-order valence-corrected chi connectivity index (χ1v) is 10.7. The lowest BCUT2D eigenvalue weighted by Gasteiger charge is -2.30. The van der Waals surface area contributed by atoms with Gasteiger partial charge in [0.05, 0.1) is 46.9 Å². The summed E-state index contributed by atoms with van der Waals surface area (Å²) in [5.41, 5.74) is 5.95. The van der Waals surface area contributed by atoms with Crippen LogP contribution in [0, 0.1) is 13.8 Å². The van der Waals surface area contributed by atoms with Gasteiger partial charge in [-0.3, -0.25) is 4.79 Å². The topological polar surface area (TPSA) is 80.5 Å². The number of rotatable bonds is 4. The van der Waals surface area contributed by atoms with E-state index < -0.39 is 0 Å². The minimum Gasteiger partial charge on any atom is -0.378 e. The first-order valence-electron chi connectivity index (χ1n) is 10.7. The molecule has 2 aromatic heterocycles. The molecule has 0 bridgehead atoms. The monoisotopic (exact) mass is 428 g/mol. The van der Waals surface area contributed by atoms with E-state index in [9.17, 15) is 4.79 Å². The highest BCUT2D eigenvalue weighted by Gasteiger charge is 2.21. The molecule has 1 fully saturated rings. The highest BCUT2D eigenvalue weighted by Crippen LogP contribution is 2.30. The van der Waals surface area contributed by atoms with E-state index in [2.05, 4.69) is 20.4 Å². The number of morpholine rings is 1. The van der Waals surface area contributed by atoms with Crippen molar-refractivity contribution in [3.05, 3.63) is 71.4 Å². The normalized spacial score (nSPS) is 14.0. The van der Waals surface area contributed by atoms with Gasteiger partial charge in [0.2, 0.25) is 0 Å². The van der Waals surface area contributed by atoms with Crippen LogP contribution in [0.4, 0.5) is 11.4 Å². The molecular formula is C25H24N4O3. The van der Waals surface area contributed by atoms with Crippen molar-refractivity contribution in [2.45, 2.75) is 13.8 Å². The number of nitrogens with one attached hydrogen (secondary N) is 1. The van der Waals surface area contributed by atoms with Gasteiger partial charge in [0, 0.05) is 18.7 Å². The van der Waals surface area contributed by atoms with Gasteiger partial charge in [-0.2, -0.15) is 0 Å². The molecule has 0 atom stereocenters. The molecule has 5 rings (SSSR count). The zero-order valence-electron chi connectivity index (χ0n) is 18.1. The van der Waals surface area contributed by atoms with Crippen molar-refractivity contribution in [1.82, 2.24) is 10.1 Å². The summed E-state index contributed by atoms with van der Waals surface area (Å²) in [6.45, 7) is 6.77. The van der Waals surface area contributed by atoms with E-state index in [1.54, 1.807) is 0 Å². The van der Waals surface area contributed by atoms with Gasteiger partial charge in [-0.05, 0) is 32.0 Å². The van der Waals surface area contributed by atoms with E-state index in [1.165, 1.54) is 0 Å². The molecule has 162 valence electrons. The summed E-state index contributed by atoms with van der Waals surface area (Å²) in [6.07, 6.45) is 0. The van der Waals surface area contributed by atoms with Gasteiger partial charge in [0.15, 0.2) is 0 Å². The SMILES string of the molecule is Cc1ccc(-c2cc(C(=O)Nc3ccccc3N3CCOCC3)c3c(C)noc3n2)cc1. The fourth-order valence-electron chi connectivity index (χ4n) is 3.99. The Bertz CT molecular complexity index is 1270. The molecule has 7 nitrogen and oxygen atoms in total. The molecular weight excluding hydrogens is 404 g/mol. The van der Waals surface area contributed by atoms with Gasteiger partial charge in [0.25, 0.3) is 11.6 Å². The second-order valence-electron chi connectivity index (χ2n) is 7.94. The zero-order valence-corrected chi connectivity index (χ0v) is 18.1. The van der Waals surface area contributed by atoms with Gasteiger partial charge < -0.3 is 19.5 Å². The second kappa shape index (κ2) is 8.43. The Hall–Kier alpha value is -3.71. The number of aromatic nitrogens is 2. The van der Waals surface area contributed by atoms with Crippen LogP contribution in [0.15, 0.2) is 59.1 Å². The van der Waals surface area contributed by atoms with Crippen molar-refractivity contribution in [3.8, 4) is 11.3 Å². The van der Waals surface area contributed by atoms with E-state index in [0.29, 0.717) is 41.3 Å². The van der Waals surface area contributed by atoms with Gasteiger partial charge in [-0.15, -0.1) is 0 Å². The van der Waals surface area contributed by atoms with Crippen LogP contribution in [0.1, 0.15) is 21.6 Å². The van der Waals surface area contributed by atoms with E-state index in [4.69, 9.17) is 9.26 Å². The van der Waals surface area contributed by atoms with Crippen LogP contribution in [0.2, 0.25) is 0 Å². The number of hydrogen-bond donors (Lipinski definition) is 1. The molecule has 1 aliphatic rings. The molecule has 1 N–H and O–H groups in total. The van der Waals surface area contributed by atoms with Crippen LogP contribution in [0.3, 0.4) is 0 Å². The molecule has 1 saturated heterocycles. The summed E-state index contributed by atoms with van der Waals surface area (Å²) >= 11 is 0. The molecule has 2 aromatic carbocycles. The highest BCUT2D eigenvalue weighted by atomic mass is 16.5. The standard InChI is InChI=1S/C25H24N4O3/c1-16-7-9-18(10-8-16)21-15-19(23-17(2)28-32-25(23)27-21)24(30)26-20-5-3-4-6-22(20)29-11-13-31-14-12-29/h3-10,15H,11-14H2,1-2H3,(H,26,30). The fraction of sp³-hybridized carbons (Fsp3) is 0.240. The third-order valence-electron chi connectivity index (χ3n) is 5.71. The maximum Gasteiger partial charge on any atom is 0.259 e. The molecule has 0 saturated carbocycles. The van der Waals surface area contributed by atoms with Crippen LogP contribution in [-0.2, 0) is 4.74 Å². The number of para-hydroxylation sites is 2. The third-order valence-corrected chi connectivity index (χ3v) is 5.71. The first kappa shape index (κ1) is 20.2. The maximum atomic E-state index is 13.5. The number of amides is 1. The average Bonchev–Trinajstić information content (AvgIpc) is 3.20. The lowest BCUT2D eigenvalue weighted by molar-refractivity contribution is 0.102. The summed E-state index contributed by atoms with van der Waals surface area (Å²) in [5, 5.41) is 7.78. The molecule has 0 aliphatic carbocycles. The zero-order chi connectivity index (χ0) is 22.1. The van der Waals surface area contributed by atoms with Crippen LogP contribution in [0.25, 0.3) is 22.4 Å². The van der Waals surface area contributed by atoms with Crippen LogP contribution >= 0.6 is 0 Å². The Morgan fingerprint density at radius 1 is 1.03 bits per heavy atom. The Morgan fingerprint density at radius 2 is 1.78 bits per heavy atom. The molecule has 1 amide bonds. The predicted octanol–water partition coefficient (Wildman–Crippen LogP) is 4.60. The lowest BCUT2D eigenvalue weighted by atomic mass is 10.0. The number of benzene rings is 2. The van der Waals surface area contributed by atoms with Crippen LogP contribution in [-0.4, -0.2) is 42.4 Å². The molecule has 7 heteroatoms. The van der Waals surface area contributed by atoms with Gasteiger partial charge in [-0.25, -0.2) is 4.98 Å². The largest absolute Gasteiger partial charge is 0.378 e. The Balaban J connectivity index is 1.54. The number of ether oxygens (including phenoxy) is 1. The smallest absolute Gasteiger partial charge is 0.259 e. The number of carbonyl (C=O) groups is 1. The second-order valence-corrected chi connectivity index (χ2v) is 7.94. The number of fused-ring (bicyclic) bond motifs is 1. The summed E-state index contributed by atoms with van der Waals surface area (Å²) in [4.78, 5) is 20.3. The van der Waals surface area contributed by atoms with Gasteiger partial charge in [0.1, 0.15) is 0 Å². The Morgan fingerprint density at radius 3 is 2.56 bits per heavy atom. The van der Waals surface area contributed by atoms with Crippen molar-refractivity contribution in [2.24, 2.45) is 0 Å².